The monoisotopic (exact) mass is 529 g/mol. The van der Waals surface area contributed by atoms with Gasteiger partial charge in [-0.05, 0) is 18.2 Å². The second kappa shape index (κ2) is 7.53. The van der Waals surface area contributed by atoms with E-state index in [4.69, 9.17) is 4.74 Å². The Morgan fingerprint density at radius 1 is 1.08 bits per heavy atom. The maximum Gasteiger partial charge on any atom is 0.417 e. The molecule has 0 bridgehead atoms. The number of alkyl halides is 6. The standard InChI is InChI=1S/C15H9Br3F3NO2/c16-14(17,18)12(9-4-3-7-22-8-9)24-13(23)10-5-1-2-6-11(10)15(19,20)21/h1-8,12H. The maximum atomic E-state index is 13.1. The third kappa shape index (κ3) is 4.80. The summed E-state index contributed by atoms with van der Waals surface area (Å²) in [6.07, 6.45) is -2.65. The number of hydrogen-bond donors (Lipinski definition) is 0. The Kier molecular flexibility index (Phi) is 6.09. The molecule has 2 rings (SSSR count). The molecule has 24 heavy (non-hydrogen) atoms. The van der Waals surface area contributed by atoms with Gasteiger partial charge < -0.3 is 4.74 Å². The van der Waals surface area contributed by atoms with E-state index in [1.165, 1.54) is 24.5 Å². The third-order valence-corrected chi connectivity index (χ3v) is 4.21. The molecule has 0 aliphatic rings. The molecule has 0 radical (unpaired) electrons. The van der Waals surface area contributed by atoms with Crippen molar-refractivity contribution in [1.82, 2.24) is 4.98 Å². The highest BCUT2D eigenvalue weighted by Crippen LogP contribution is 2.47. The predicted octanol–water partition coefficient (Wildman–Crippen LogP) is 5.84. The SMILES string of the molecule is O=C(OC(c1cccnc1)C(Br)(Br)Br)c1ccccc1C(F)(F)F. The Balaban J connectivity index is 2.37. The van der Waals surface area contributed by atoms with Crippen molar-refractivity contribution in [2.45, 2.75) is 14.4 Å². The van der Waals surface area contributed by atoms with E-state index >= 15 is 0 Å². The van der Waals surface area contributed by atoms with Gasteiger partial charge in [0.25, 0.3) is 0 Å². The third-order valence-electron chi connectivity index (χ3n) is 2.96. The van der Waals surface area contributed by atoms with Crippen LogP contribution in [0.2, 0.25) is 0 Å². The van der Waals surface area contributed by atoms with E-state index in [0.717, 1.165) is 12.1 Å². The molecule has 0 aliphatic carbocycles. The number of esters is 1. The highest BCUT2D eigenvalue weighted by Gasteiger charge is 2.39. The van der Waals surface area contributed by atoms with Crippen molar-refractivity contribution < 1.29 is 22.7 Å². The van der Waals surface area contributed by atoms with Crippen LogP contribution in [0.3, 0.4) is 0 Å². The lowest BCUT2D eigenvalue weighted by Gasteiger charge is -2.26. The lowest BCUT2D eigenvalue weighted by Crippen LogP contribution is -2.24. The normalized spacial score (nSPS) is 13.4. The van der Waals surface area contributed by atoms with Crippen molar-refractivity contribution in [2.75, 3.05) is 0 Å². The van der Waals surface area contributed by atoms with E-state index in [1.54, 1.807) is 12.1 Å². The number of nitrogens with zero attached hydrogens (tertiary/aromatic N) is 1. The molecular weight excluding hydrogens is 523 g/mol. The summed E-state index contributed by atoms with van der Waals surface area (Å²) in [5.74, 6) is -1.10. The molecule has 1 aromatic heterocycles. The first-order valence-electron chi connectivity index (χ1n) is 6.44. The fourth-order valence-corrected chi connectivity index (χ4v) is 3.01. The minimum absolute atomic E-state index is 0.487. The lowest BCUT2D eigenvalue weighted by molar-refractivity contribution is -0.138. The van der Waals surface area contributed by atoms with Gasteiger partial charge in [0.05, 0.1) is 11.1 Å². The molecule has 2 aromatic rings. The number of rotatable bonds is 3. The van der Waals surface area contributed by atoms with E-state index in [0.29, 0.717) is 5.56 Å². The molecule has 0 saturated carbocycles. The van der Waals surface area contributed by atoms with Crippen molar-refractivity contribution in [3.63, 3.8) is 0 Å². The Morgan fingerprint density at radius 2 is 1.75 bits per heavy atom. The first-order chi connectivity index (χ1) is 11.1. The fraction of sp³-hybridized carbons (Fsp3) is 0.200. The molecule has 0 N–H and O–H groups in total. The fourth-order valence-electron chi connectivity index (χ4n) is 1.93. The Labute approximate surface area is 161 Å². The average Bonchev–Trinajstić information content (AvgIpc) is 2.51. The molecule has 9 heteroatoms. The van der Waals surface area contributed by atoms with Crippen LogP contribution in [0.1, 0.15) is 27.6 Å². The zero-order valence-electron chi connectivity index (χ0n) is 11.7. The van der Waals surface area contributed by atoms with Crippen LogP contribution in [0.5, 0.6) is 0 Å². The van der Waals surface area contributed by atoms with E-state index in [1.807, 2.05) is 0 Å². The molecule has 0 aliphatic heterocycles. The molecule has 0 saturated heterocycles. The van der Waals surface area contributed by atoms with E-state index in [2.05, 4.69) is 52.8 Å². The smallest absolute Gasteiger partial charge is 0.417 e. The highest BCUT2D eigenvalue weighted by atomic mass is 80.0. The largest absolute Gasteiger partial charge is 0.450 e. The van der Waals surface area contributed by atoms with Gasteiger partial charge in [-0.3, -0.25) is 4.98 Å². The number of carbonyl (C=O) groups excluding carboxylic acids is 1. The van der Waals surface area contributed by atoms with E-state index in [9.17, 15) is 18.0 Å². The summed E-state index contributed by atoms with van der Waals surface area (Å²) in [5.41, 5.74) is -1.12. The van der Waals surface area contributed by atoms with Crippen molar-refractivity contribution in [2.24, 2.45) is 0 Å². The quantitative estimate of drug-likeness (QED) is 0.369. The molecule has 0 fully saturated rings. The number of halogens is 6. The van der Waals surface area contributed by atoms with Crippen LogP contribution in [0, 0.1) is 0 Å². The Bertz CT molecular complexity index is 718. The van der Waals surface area contributed by atoms with Gasteiger partial charge in [-0.1, -0.05) is 66.0 Å². The van der Waals surface area contributed by atoms with Crippen LogP contribution in [0.25, 0.3) is 0 Å². The van der Waals surface area contributed by atoms with Crippen molar-refractivity contribution in [3.05, 3.63) is 65.5 Å². The number of carbonyl (C=O) groups is 1. The summed E-state index contributed by atoms with van der Waals surface area (Å²) >= 11 is 9.74. The molecule has 1 aromatic carbocycles. The van der Waals surface area contributed by atoms with Crippen molar-refractivity contribution >= 4 is 53.8 Å². The average molecular weight is 532 g/mol. The molecule has 128 valence electrons. The van der Waals surface area contributed by atoms with Crippen molar-refractivity contribution in [3.8, 4) is 0 Å². The molecule has 0 spiro atoms. The van der Waals surface area contributed by atoms with Crippen LogP contribution >= 0.6 is 47.8 Å². The number of hydrogen-bond acceptors (Lipinski definition) is 3. The highest BCUT2D eigenvalue weighted by molar-refractivity contribution is 9.39. The zero-order chi connectivity index (χ0) is 18.0. The summed E-state index contributed by atoms with van der Waals surface area (Å²) in [7, 11) is 0. The Hall–Kier alpha value is -0.930. The molecular formula is C15H9Br3F3NO2. The number of benzene rings is 1. The van der Waals surface area contributed by atoms with Gasteiger partial charge in [0.15, 0.2) is 8.25 Å². The zero-order valence-corrected chi connectivity index (χ0v) is 16.5. The van der Waals surface area contributed by atoms with Gasteiger partial charge in [-0.2, -0.15) is 13.2 Å². The van der Waals surface area contributed by atoms with Crippen LogP contribution in [-0.2, 0) is 10.9 Å². The topological polar surface area (TPSA) is 39.2 Å². The first-order valence-corrected chi connectivity index (χ1v) is 8.82. The van der Waals surface area contributed by atoms with Gasteiger partial charge in [-0.15, -0.1) is 0 Å². The summed E-state index contributed by atoms with van der Waals surface area (Å²) in [5, 5.41) is 0. The second-order valence-electron chi connectivity index (χ2n) is 4.66. The van der Waals surface area contributed by atoms with E-state index in [-0.39, 0.29) is 0 Å². The van der Waals surface area contributed by atoms with Crippen molar-refractivity contribution in [1.29, 1.82) is 0 Å². The van der Waals surface area contributed by atoms with Gasteiger partial charge in [0.1, 0.15) is 0 Å². The summed E-state index contributed by atoms with van der Waals surface area (Å²) < 4.78 is 43.4. The van der Waals surface area contributed by atoms with Gasteiger partial charge in [0, 0.05) is 18.0 Å². The summed E-state index contributed by atoms with van der Waals surface area (Å²) in [4.78, 5) is 16.3. The lowest BCUT2D eigenvalue weighted by atomic mass is 10.1. The minimum atomic E-state index is -4.66. The molecule has 1 heterocycles. The van der Waals surface area contributed by atoms with Gasteiger partial charge in [0.2, 0.25) is 0 Å². The Morgan fingerprint density at radius 3 is 2.29 bits per heavy atom. The minimum Gasteiger partial charge on any atom is -0.450 e. The van der Waals surface area contributed by atoms with Crippen LogP contribution in [0.15, 0.2) is 48.8 Å². The molecule has 1 unspecified atom stereocenters. The molecule has 1 atom stereocenters. The van der Waals surface area contributed by atoms with Gasteiger partial charge >= 0.3 is 12.1 Å². The predicted molar refractivity (Wildman–Crippen MR) is 93.3 cm³/mol. The summed E-state index contributed by atoms with van der Waals surface area (Å²) in [6, 6.07) is 7.72. The number of ether oxygens (including phenoxy) is 1. The number of pyridine rings is 1. The van der Waals surface area contributed by atoms with Crippen LogP contribution < -0.4 is 0 Å². The molecule has 0 amide bonds. The van der Waals surface area contributed by atoms with E-state index < -0.39 is 31.5 Å². The maximum absolute atomic E-state index is 13.1. The van der Waals surface area contributed by atoms with Crippen LogP contribution in [0.4, 0.5) is 13.2 Å². The number of aromatic nitrogens is 1. The summed E-state index contributed by atoms with van der Waals surface area (Å²) in [6.45, 7) is 0. The van der Waals surface area contributed by atoms with Crippen LogP contribution in [-0.4, -0.2) is 13.1 Å². The first kappa shape index (κ1) is 19.4. The molecule has 3 nitrogen and oxygen atoms in total. The van der Waals surface area contributed by atoms with Gasteiger partial charge in [-0.25, -0.2) is 4.79 Å². The second-order valence-corrected chi connectivity index (χ2v) is 11.6.